The lowest BCUT2D eigenvalue weighted by molar-refractivity contribution is 0.00930. The number of hydrogen-bond donors (Lipinski definition) is 1. The molecule has 27 heavy (non-hydrogen) atoms. The number of nitrogens with zero attached hydrogens (tertiary/aromatic N) is 4. The molecule has 2 saturated heterocycles. The number of rotatable bonds is 3. The topological polar surface area (TPSA) is 73.0 Å². The predicted molar refractivity (Wildman–Crippen MR) is 103 cm³/mol. The standard InChI is InChI=1S/C20H26N4O3/c1-22-12-13-23(2)20(14-22)8-10-24(11-9-20)18-16(19(25)26)17(27-21-18)15-6-4-3-5-7-15/h3-7H,8-14H2,1-2H3,(H,25,26). The molecule has 2 fully saturated rings. The Bertz CT molecular complexity index is 812. The Hall–Kier alpha value is -2.38. The van der Waals surface area contributed by atoms with Crippen LogP contribution in [0.25, 0.3) is 11.3 Å². The molecule has 144 valence electrons. The van der Waals surface area contributed by atoms with Crippen molar-refractivity contribution in [3.63, 3.8) is 0 Å². The number of hydrogen-bond acceptors (Lipinski definition) is 6. The summed E-state index contributed by atoms with van der Waals surface area (Å²) in [6, 6.07) is 9.30. The minimum atomic E-state index is -1.00. The summed E-state index contributed by atoms with van der Waals surface area (Å²) in [7, 11) is 4.38. The first-order valence-electron chi connectivity index (χ1n) is 9.43. The summed E-state index contributed by atoms with van der Waals surface area (Å²) in [4.78, 5) is 18.9. The van der Waals surface area contributed by atoms with Gasteiger partial charge in [-0.15, -0.1) is 0 Å². The Morgan fingerprint density at radius 2 is 1.81 bits per heavy atom. The molecule has 1 aromatic carbocycles. The Labute approximate surface area is 159 Å². The van der Waals surface area contributed by atoms with Crippen molar-refractivity contribution in [3.05, 3.63) is 35.9 Å². The first kappa shape index (κ1) is 18.0. The van der Waals surface area contributed by atoms with E-state index in [1.54, 1.807) is 0 Å². The summed E-state index contributed by atoms with van der Waals surface area (Å²) in [6.45, 7) is 4.77. The number of carboxylic acids is 1. The third-order valence-corrected chi connectivity index (χ3v) is 6.11. The van der Waals surface area contributed by atoms with E-state index < -0.39 is 5.97 Å². The molecule has 0 saturated carbocycles. The minimum absolute atomic E-state index is 0.159. The molecule has 3 heterocycles. The Kier molecular flexibility index (Phi) is 4.65. The molecule has 2 aromatic rings. The van der Waals surface area contributed by atoms with Gasteiger partial charge in [-0.3, -0.25) is 4.90 Å². The molecular weight excluding hydrogens is 344 g/mol. The highest BCUT2D eigenvalue weighted by atomic mass is 16.5. The molecule has 1 spiro atoms. The molecule has 0 amide bonds. The van der Waals surface area contributed by atoms with Gasteiger partial charge in [-0.05, 0) is 26.9 Å². The van der Waals surface area contributed by atoms with Crippen LogP contribution < -0.4 is 4.90 Å². The number of anilines is 1. The van der Waals surface area contributed by atoms with Gasteiger partial charge in [0.1, 0.15) is 0 Å². The van der Waals surface area contributed by atoms with E-state index >= 15 is 0 Å². The second kappa shape index (κ2) is 6.98. The summed E-state index contributed by atoms with van der Waals surface area (Å²) < 4.78 is 5.48. The van der Waals surface area contributed by atoms with Crippen LogP contribution in [-0.4, -0.2) is 78.4 Å². The highest BCUT2D eigenvalue weighted by molar-refractivity contribution is 5.99. The van der Waals surface area contributed by atoms with E-state index in [1.807, 2.05) is 30.3 Å². The molecule has 0 aliphatic carbocycles. The number of aromatic nitrogens is 1. The molecule has 0 bridgehead atoms. The van der Waals surface area contributed by atoms with Crippen LogP contribution in [-0.2, 0) is 0 Å². The van der Waals surface area contributed by atoms with Crippen LogP contribution in [0.5, 0.6) is 0 Å². The van der Waals surface area contributed by atoms with Crippen molar-refractivity contribution in [1.29, 1.82) is 0 Å². The predicted octanol–water partition coefficient (Wildman–Crippen LogP) is 2.26. The zero-order valence-electron chi connectivity index (χ0n) is 15.9. The van der Waals surface area contributed by atoms with Crippen molar-refractivity contribution in [3.8, 4) is 11.3 Å². The normalized spacial score (nSPS) is 20.9. The lowest BCUT2D eigenvalue weighted by atomic mass is 9.83. The molecular formula is C20H26N4O3. The fourth-order valence-electron chi connectivity index (χ4n) is 4.41. The number of aromatic carboxylic acids is 1. The average molecular weight is 370 g/mol. The molecule has 4 rings (SSSR count). The molecule has 0 radical (unpaired) electrons. The van der Waals surface area contributed by atoms with Gasteiger partial charge in [0.2, 0.25) is 0 Å². The Morgan fingerprint density at radius 1 is 1.11 bits per heavy atom. The summed E-state index contributed by atoms with van der Waals surface area (Å²) in [5.74, 6) is -0.226. The number of carbonyl (C=O) groups is 1. The molecule has 0 unspecified atom stereocenters. The van der Waals surface area contributed by atoms with E-state index in [2.05, 4.69) is 34.0 Å². The minimum Gasteiger partial charge on any atom is -0.477 e. The number of piperidine rings is 1. The van der Waals surface area contributed by atoms with Gasteiger partial charge in [0.15, 0.2) is 17.1 Å². The van der Waals surface area contributed by atoms with Crippen molar-refractivity contribution < 1.29 is 14.4 Å². The van der Waals surface area contributed by atoms with Gasteiger partial charge in [0, 0.05) is 43.8 Å². The van der Waals surface area contributed by atoms with Gasteiger partial charge >= 0.3 is 5.97 Å². The van der Waals surface area contributed by atoms with Crippen molar-refractivity contribution in [1.82, 2.24) is 15.0 Å². The van der Waals surface area contributed by atoms with Crippen LogP contribution in [0.2, 0.25) is 0 Å². The van der Waals surface area contributed by atoms with Gasteiger partial charge in [-0.1, -0.05) is 35.5 Å². The summed E-state index contributed by atoms with van der Waals surface area (Å²) in [5.41, 5.74) is 1.06. The maximum Gasteiger partial charge on any atom is 0.343 e. The van der Waals surface area contributed by atoms with Crippen LogP contribution in [0.15, 0.2) is 34.9 Å². The summed E-state index contributed by atoms with van der Waals surface area (Å²) >= 11 is 0. The molecule has 2 aliphatic rings. The highest BCUT2D eigenvalue weighted by Gasteiger charge is 2.42. The highest BCUT2D eigenvalue weighted by Crippen LogP contribution is 2.36. The maximum atomic E-state index is 12.0. The Balaban J connectivity index is 1.59. The van der Waals surface area contributed by atoms with E-state index in [9.17, 15) is 9.90 Å². The summed E-state index contributed by atoms with van der Waals surface area (Å²) in [6.07, 6.45) is 1.97. The zero-order valence-corrected chi connectivity index (χ0v) is 15.9. The smallest absolute Gasteiger partial charge is 0.343 e. The number of carboxylic acid groups (broad SMARTS) is 1. The van der Waals surface area contributed by atoms with E-state index in [1.165, 1.54) is 0 Å². The average Bonchev–Trinajstić information content (AvgIpc) is 3.12. The van der Waals surface area contributed by atoms with Gasteiger partial charge in [0.05, 0.1) is 0 Å². The van der Waals surface area contributed by atoms with Crippen LogP contribution in [0.1, 0.15) is 23.2 Å². The molecule has 1 aromatic heterocycles. The Morgan fingerprint density at radius 3 is 2.48 bits per heavy atom. The molecule has 0 atom stereocenters. The van der Waals surface area contributed by atoms with Crippen LogP contribution in [0.4, 0.5) is 5.82 Å². The first-order valence-corrected chi connectivity index (χ1v) is 9.43. The van der Waals surface area contributed by atoms with E-state index in [-0.39, 0.29) is 11.1 Å². The van der Waals surface area contributed by atoms with Crippen LogP contribution in [0, 0.1) is 0 Å². The monoisotopic (exact) mass is 370 g/mol. The number of piperazine rings is 1. The van der Waals surface area contributed by atoms with Crippen LogP contribution in [0.3, 0.4) is 0 Å². The fourth-order valence-corrected chi connectivity index (χ4v) is 4.41. The third kappa shape index (κ3) is 3.21. The van der Waals surface area contributed by atoms with Crippen molar-refractivity contribution in [2.45, 2.75) is 18.4 Å². The van der Waals surface area contributed by atoms with E-state index in [0.717, 1.165) is 51.1 Å². The van der Waals surface area contributed by atoms with Gasteiger partial charge in [-0.25, -0.2) is 4.79 Å². The van der Waals surface area contributed by atoms with Gasteiger partial charge in [0.25, 0.3) is 0 Å². The second-order valence-electron chi connectivity index (χ2n) is 7.75. The maximum absolute atomic E-state index is 12.0. The van der Waals surface area contributed by atoms with Gasteiger partial charge < -0.3 is 19.4 Å². The molecule has 1 N–H and O–H groups in total. The lowest BCUT2D eigenvalue weighted by Gasteiger charge is -2.52. The van der Waals surface area contributed by atoms with Crippen LogP contribution >= 0.6 is 0 Å². The first-order chi connectivity index (χ1) is 13.0. The SMILES string of the molecule is CN1CCN(C)C2(CCN(c3noc(-c4ccccc4)c3C(=O)O)CC2)C1. The second-order valence-corrected chi connectivity index (χ2v) is 7.75. The largest absolute Gasteiger partial charge is 0.477 e. The molecule has 7 heteroatoms. The zero-order chi connectivity index (χ0) is 19.0. The summed E-state index contributed by atoms with van der Waals surface area (Å²) in [5, 5.41) is 14.0. The molecule has 7 nitrogen and oxygen atoms in total. The lowest BCUT2D eigenvalue weighted by Crippen LogP contribution is -2.63. The molecule has 2 aliphatic heterocycles. The van der Waals surface area contributed by atoms with Crippen molar-refractivity contribution in [2.75, 3.05) is 51.7 Å². The number of likely N-dealkylation sites (N-methyl/N-ethyl adjacent to an activating group) is 2. The third-order valence-electron chi connectivity index (χ3n) is 6.11. The van der Waals surface area contributed by atoms with E-state index in [4.69, 9.17) is 4.52 Å². The van der Waals surface area contributed by atoms with Crippen molar-refractivity contribution in [2.24, 2.45) is 0 Å². The number of benzene rings is 1. The van der Waals surface area contributed by atoms with E-state index in [0.29, 0.717) is 11.6 Å². The fraction of sp³-hybridized carbons (Fsp3) is 0.500. The van der Waals surface area contributed by atoms with Crippen molar-refractivity contribution >= 4 is 11.8 Å². The van der Waals surface area contributed by atoms with Gasteiger partial charge in [-0.2, -0.15) is 0 Å². The quantitative estimate of drug-likeness (QED) is 0.888.